The summed E-state index contributed by atoms with van der Waals surface area (Å²) < 4.78 is 3.19. The summed E-state index contributed by atoms with van der Waals surface area (Å²) in [6.07, 6.45) is 6.90. The first-order valence-electron chi connectivity index (χ1n) is 8.40. The normalized spacial score (nSPS) is 17.9. The summed E-state index contributed by atoms with van der Waals surface area (Å²) in [7, 11) is 0. The quantitative estimate of drug-likeness (QED) is 0.820. The number of piperidine rings is 1. The molecule has 0 aliphatic carbocycles. The molecule has 0 spiro atoms. The Bertz CT molecular complexity index is 739. The molecule has 1 aliphatic rings. The van der Waals surface area contributed by atoms with E-state index in [1.54, 1.807) is 15.9 Å². The summed E-state index contributed by atoms with van der Waals surface area (Å²) in [5.74, 6) is -0.134. The van der Waals surface area contributed by atoms with Crippen LogP contribution in [-0.2, 0) is 6.54 Å². The average molecular weight is 330 g/mol. The number of nitrogens with zero attached hydrogens (tertiary/aromatic N) is 6. The van der Waals surface area contributed by atoms with Crippen molar-refractivity contribution in [3.8, 4) is 0 Å². The molecule has 0 aromatic carbocycles. The monoisotopic (exact) mass is 330 g/mol. The fourth-order valence-electron chi connectivity index (χ4n) is 2.95. The summed E-state index contributed by atoms with van der Waals surface area (Å²) in [4.78, 5) is 30.4. The maximum absolute atomic E-state index is 12.8. The SMILES string of the molecule is CCCCn1nc(C(=O)N2CCC[C@H](n3cncn3)C2)ccc1=O. The molecule has 128 valence electrons. The maximum atomic E-state index is 12.8. The number of carbonyl (C=O) groups excluding carboxylic acids is 1. The lowest BCUT2D eigenvalue weighted by Crippen LogP contribution is -2.41. The smallest absolute Gasteiger partial charge is 0.274 e. The van der Waals surface area contributed by atoms with Gasteiger partial charge in [-0.2, -0.15) is 10.2 Å². The molecule has 0 N–H and O–H groups in total. The highest BCUT2D eigenvalue weighted by Gasteiger charge is 2.26. The highest BCUT2D eigenvalue weighted by atomic mass is 16.2. The molecule has 1 saturated heterocycles. The predicted molar refractivity (Wildman–Crippen MR) is 87.6 cm³/mol. The first-order chi connectivity index (χ1) is 11.7. The van der Waals surface area contributed by atoms with Gasteiger partial charge in [0.2, 0.25) is 0 Å². The Morgan fingerprint density at radius 1 is 1.38 bits per heavy atom. The molecular formula is C16H22N6O2. The number of amides is 1. The number of likely N-dealkylation sites (tertiary alicyclic amines) is 1. The summed E-state index contributed by atoms with van der Waals surface area (Å²) >= 11 is 0. The van der Waals surface area contributed by atoms with Crippen LogP contribution in [0.4, 0.5) is 0 Å². The topological polar surface area (TPSA) is 85.9 Å². The van der Waals surface area contributed by atoms with Crippen LogP contribution in [0.15, 0.2) is 29.6 Å². The van der Waals surface area contributed by atoms with Crippen molar-refractivity contribution in [2.24, 2.45) is 0 Å². The minimum Gasteiger partial charge on any atom is -0.335 e. The fourth-order valence-corrected chi connectivity index (χ4v) is 2.95. The molecule has 0 unspecified atom stereocenters. The molecule has 2 aromatic rings. The molecule has 0 bridgehead atoms. The van der Waals surface area contributed by atoms with E-state index in [0.717, 1.165) is 25.7 Å². The highest BCUT2D eigenvalue weighted by Crippen LogP contribution is 2.21. The van der Waals surface area contributed by atoms with Gasteiger partial charge in [0.25, 0.3) is 11.5 Å². The molecule has 24 heavy (non-hydrogen) atoms. The van der Waals surface area contributed by atoms with E-state index in [2.05, 4.69) is 22.1 Å². The lowest BCUT2D eigenvalue weighted by atomic mass is 10.1. The van der Waals surface area contributed by atoms with Crippen molar-refractivity contribution in [3.63, 3.8) is 0 Å². The first kappa shape index (κ1) is 16.4. The minimum absolute atomic E-state index is 0.134. The zero-order valence-electron chi connectivity index (χ0n) is 13.8. The van der Waals surface area contributed by atoms with Crippen molar-refractivity contribution in [3.05, 3.63) is 40.8 Å². The van der Waals surface area contributed by atoms with Gasteiger partial charge in [-0.3, -0.25) is 9.59 Å². The van der Waals surface area contributed by atoms with Crippen molar-refractivity contribution in [1.29, 1.82) is 0 Å². The van der Waals surface area contributed by atoms with E-state index in [9.17, 15) is 9.59 Å². The zero-order chi connectivity index (χ0) is 16.9. The van der Waals surface area contributed by atoms with E-state index in [1.807, 2.05) is 0 Å². The van der Waals surface area contributed by atoms with Gasteiger partial charge in [0, 0.05) is 25.7 Å². The van der Waals surface area contributed by atoms with E-state index in [-0.39, 0.29) is 17.5 Å². The Morgan fingerprint density at radius 2 is 2.25 bits per heavy atom. The van der Waals surface area contributed by atoms with E-state index >= 15 is 0 Å². The second-order valence-electron chi connectivity index (χ2n) is 6.06. The van der Waals surface area contributed by atoms with Gasteiger partial charge in [-0.05, 0) is 25.3 Å². The predicted octanol–water partition coefficient (Wildman–Crippen LogP) is 1.11. The van der Waals surface area contributed by atoms with Crippen LogP contribution >= 0.6 is 0 Å². The van der Waals surface area contributed by atoms with Crippen molar-refractivity contribution >= 4 is 5.91 Å². The lowest BCUT2D eigenvalue weighted by Gasteiger charge is -2.32. The molecule has 8 nitrogen and oxygen atoms in total. The molecule has 1 amide bonds. The summed E-state index contributed by atoms with van der Waals surface area (Å²) in [5, 5.41) is 8.42. The maximum Gasteiger partial charge on any atom is 0.274 e. The molecule has 1 atom stereocenters. The number of aryl methyl sites for hydroxylation is 1. The second-order valence-corrected chi connectivity index (χ2v) is 6.06. The summed E-state index contributed by atoms with van der Waals surface area (Å²) in [6, 6.07) is 3.08. The molecule has 1 aliphatic heterocycles. The van der Waals surface area contributed by atoms with Gasteiger partial charge in [-0.1, -0.05) is 13.3 Å². The van der Waals surface area contributed by atoms with Gasteiger partial charge in [0.15, 0.2) is 0 Å². The summed E-state index contributed by atoms with van der Waals surface area (Å²) in [5.41, 5.74) is 0.157. The van der Waals surface area contributed by atoms with Gasteiger partial charge >= 0.3 is 0 Å². The van der Waals surface area contributed by atoms with Crippen LogP contribution in [-0.4, -0.2) is 48.4 Å². The number of hydrogen-bond acceptors (Lipinski definition) is 5. The number of aromatic nitrogens is 5. The molecule has 2 aromatic heterocycles. The van der Waals surface area contributed by atoms with Crippen molar-refractivity contribution in [2.75, 3.05) is 13.1 Å². The zero-order valence-corrected chi connectivity index (χ0v) is 13.8. The second kappa shape index (κ2) is 7.37. The van der Waals surface area contributed by atoms with E-state index in [1.165, 1.54) is 23.1 Å². The molecule has 1 fully saturated rings. The molecule has 3 rings (SSSR count). The van der Waals surface area contributed by atoms with E-state index in [0.29, 0.717) is 25.3 Å². The first-order valence-corrected chi connectivity index (χ1v) is 8.40. The Morgan fingerprint density at radius 3 is 3.00 bits per heavy atom. The van der Waals surface area contributed by atoms with Crippen LogP contribution in [0.3, 0.4) is 0 Å². The van der Waals surface area contributed by atoms with Gasteiger partial charge < -0.3 is 4.90 Å². The van der Waals surface area contributed by atoms with Crippen molar-refractivity contribution in [1.82, 2.24) is 29.4 Å². The molecule has 3 heterocycles. The van der Waals surface area contributed by atoms with Crippen LogP contribution in [0.2, 0.25) is 0 Å². The third-order valence-electron chi connectivity index (χ3n) is 4.30. The number of unbranched alkanes of at least 4 members (excludes halogenated alkanes) is 1. The molecular weight excluding hydrogens is 308 g/mol. The van der Waals surface area contributed by atoms with Gasteiger partial charge in [-0.15, -0.1) is 0 Å². The Labute approximate surface area is 140 Å². The number of hydrogen-bond donors (Lipinski definition) is 0. The van der Waals surface area contributed by atoms with Crippen LogP contribution in [0.1, 0.15) is 49.1 Å². The standard InChI is InChI=1S/C16H22N6O2/c1-2-3-9-21-15(23)7-6-14(19-21)16(24)20-8-4-5-13(10-20)22-12-17-11-18-22/h6-7,11-13H,2-5,8-10H2,1H3/t13-/m0/s1. The number of rotatable bonds is 5. The van der Waals surface area contributed by atoms with Crippen LogP contribution < -0.4 is 5.56 Å². The lowest BCUT2D eigenvalue weighted by molar-refractivity contribution is 0.0664. The van der Waals surface area contributed by atoms with E-state index < -0.39 is 0 Å². The summed E-state index contributed by atoms with van der Waals surface area (Å²) in [6.45, 7) is 3.87. The Hall–Kier alpha value is -2.51. The average Bonchev–Trinajstić information content (AvgIpc) is 3.15. The van der Waals surface area contributed by atoms with E-state index in [4.69, 9.17) is 0 Å². The van der Waals surface area contributed by atoms with Gasteiger partial charge in [-0.25, -0.2) is 14.3 Å². The van der Waals surface area contributed by atoms with Crippen LogP contribution in [0.5, 0.6) is 0 Å². The van der Waals surface area contributed by atoms with Crippen molar-refractivity contribution < 1.29 is 4.79 Å². The highest BCUT2D eigenvalue weighted by molar-refractivity contribution is 5.92. The largest absolute Gasteiger partial charge is 0.335 e. The van der Waals surface area contributed by atoms with Crippen molar-refractivity contribution in [2.45, 2.75) is 45.2 Å². The Balaban J connectivity index is 1.74. The van der Waals surface area contributed by atoms with Gasteiger partial charge in [0.05, 0.1) is 6.04 Å². The Kier molecular flexibility index (Phi) is 5.02. The molecule has 8 heteroatoms. The van der Waals surface area contributed by atoms with Gasteiger partial charge in [0.1, 0.15) is 18.3 Å². The minimum atomic E-state index is -0.167. The van der Waals surface area contributed by atoms with Crippen LogP contribution in [0, 0.1) is 0 Å². The molecule has 0 radical (unpaired) electrons. The molecule has 0 saturated carbocycles. The number of carbonyl (C=O) groups is 1. The third kappa shape index (κ3) is 3.52. The van der Waals surface area contributed by atoms with Crippen LogP contribution in [0.25, 0.3) is 0 Å². The third-order valence-corrected chi connectivity index (χ3v) is 4.30. The fraction of sp³-hybridized carbons (Fsp3) is 0.562.